The molecule has 0 aliphatic rings. The van der Waals surface area contributed by atoms with Gasteiger partial charge in [-0.25, -0.2) is 4.79 Å². The van der Waals surface area contributed by atoms with Crippen molar-refractivity contribution >= 4 is 22.8 Å². The van der Waals surface area contributed by atoms with Gasteiger partial charge in [0.25, 0.3) is 0 Å². The van der Waals surface area contributed by atoms with E-state index in [4.69, 9.17) is 4.74 Å². The normalized spacial score (nSPS) is 11.8. The predicted molar refractivity (Wildman–Crippen MR) is 181 cm³/mol. The molecule has 0 saturated heterocycles. The molecule has 0 radical (unpaired) electrons. The number of carbonyl (C=O) groups is 2. The molecule has 0 fully saturated rings. The highest BCUT2D eigenvalue weighted by atomic mass is 16.5. The first-order chi connectivity index (χ1) is 22.0. The molecule has 6 heteroatoms. The topological polar surface area (TPSA) is 80.6 Å². The van der Waals surface area contributed by atoms with Crippen LogP contribution in [0.15, 0.2) is 103 Å². The first-order valence-corrected chi connectivity index (χ1v) is 16.0. The van der Waals surface area contributed by atoms with Crippen molar-refractivity contribution in [3.8, 4) is 17.0 Å². The number of nitrogens with zero attached hydrogens (tertiary/aromatic N) is 1. The summed E-state index contributed by atoms with van der Waals surface area (Å²) < 4.78 is 8.10. The molecule has 0 spiro atoms. The second-order valence-corrected chi connectivity index (χ2v) is 11.5. The van der Waals surface area contributed by atoms with Crippen molar-refractivity contribution in [3.63, 3.8) is 0 Å². The third kappa shape index (κ3) is 7.82. The molecule has 5 aromatic rings. The molecule has 0 saturated carbocycles. The molecule has 4 aromatic carbocycles. The lowest BCUT2D eigenvalue weighted by Crippen LogP contribution is -2.27. The molecule has 5 rings (SSSR count). The first-order valence-electron chi connectivity index (χ1n) is 16.0. The quantitative estimate of drug-likeness (QED) is 0.126. The second-order valence-electron chi connectivity index (χ2n) is 11.5. The van der Waals surface area contributed by atoms with E-state index < -0.39 is 5.97 Å². The highest BCUT2D eigenvalue weighted by molar-refractivity contribution is 5.99. The lowest BCUT2D eigenvalue weighted by Gasteiger charge is -2.19. The van der Waals surface area contributed by atoms with Crippen LogP contribution in [0.4, 0.5) is 0 Å². The molecular weight excluding hydrogens is 560 g/mol. The van der Waals surface area contributed by atoms with Gasteiger partial charge in [0, 0.05) is 18.4 Å². The molecule has 1 unspecified atom stereocenters. The fourth-order valence-electron chi connectivity index (χ4n) is 6.04. The Morgan fingerprint density at radius 1 is 0.867 bits per heavy atom. The summed E-state index contributed by atoms with van der Waals surface area (Å²) in [6.07, 6.45) is 4.95. The maximum absolute atomic E-state index is 13.5. The van der Waals surface area contributed by atoms with E-state index in [1.165, 1.54) is 11.1 Å². The number of aromatic nitrogens is 1. The Kier molecular flexibility index (Phi) is 10.7. The molecule has 1 aromatic heterocycles. The highest BCUT2D eigenvalue weighted by Gasteiger charge is 2.26. The Bertz CT molecular complexity index is 1710. The monoisotopic (exact) mass is 602 g/mol. The van der Waals surface area contributed by atoms with Crippen LogP contribution in [0.5, 0.6) is 5.75 Å². The van der Waals surface area contributed by atoms with Crippen LogP contribution < -0.4 is 10.1 Å². The number of hydrogen-bond acceptors (Lipinski definition) is 3. The zero-order valence-electron chi connectivity index (χ0n) is 26.2. The summed E-state index contributed by atoms with van der Waals surface area (Å²) in [6, 6.07) is 33.5. The lowest BCUT2D eigenvalue weighted by molar-refractivity contribution is -0.121. The lowest BCUT2D eigenvalue weighted by atomic mass is 9.87. The van der Waals surface area contributed by atoms with Crippen LogP contribution in [0.2, 0.25) is 0 Å². The fourth-order valence-corrected chi connectivity index (χ4v) is 6.04. The largest absolute Gasteiger partial charge is 0.493 e. The fraction of sp³-hybridized carbons (Fsp3) is 0.282. The minimum Gasteiger partial charge on any atom is -0.493 e. The summed E-state index contributed by atoms with van der Waals surface area (Å²) in [5.74, 6) is -0.0812. The van der Waals surface area contributed by atoms with Crippen LogP contribution in [0, 0.1) is 0 Å². The van der Waals surface area contributed by atoms with Gasteiger partial charge in [-0.1, -0.05) is 93.4 Å². The van der Waals surface area contributed by atoms with Crippen molar-refractivity contribution in [1.29, 1.82) is 0 Å². The number of ether oxygens (including phenoxy) is 1. The molecule has 0 aliphatic carbocycles. The van der Waals surface area contributed by atoms with Crippen molar-refractivity contribution < 1.29 is 19.4 Å². The highest BCUT2D eigenvalue weighted by Crippen LogP contribution is 2.42. The Hall–Kier alpha value is -4.84. The molecule has 0 bridgehead atoms. The average Bonchev–Trinajstić information content (AvgIpc) is 3.38. The van der Waals surface area contributed by atoms with Crippen molar-refractivity contribution in [2.24, 2.45) is 0 Å². The maximum Gasteiger partial charge on any atom is 0.335 e. The summed E-state index contributed by atoms with van der Waals surface area (Å²) in [4.78, 5) is 25.5. The first kappa shape index (κ1) is 31.6. The van der Waals surface area contributed by atoms with Crippen molar-refractivity contribution in [3.05, 3.63) is 125 Å². The van der Waals surface area contributed by atoms with Gasteiger partial charge in [0.1, 0.15) is 12.3 Å². The zero-order chi connectivity index (χ0) is 31.6. The number of benzene rings is 4. The number of amides is 1. The summed E-state index contributed by atoms with van der Waals surface area (Å²) in [5, 5.41) is 13.9. The second kappa shape index (κ2) is 15.2. The van der Waals surface area contributed by atoms with Crippen molar-refractivity contribution in [2.45, 2.75) is 65.0 Å². The van der Waals surface area contributed by atoms with E-state index in [1.54, 1.807) is 12.1 Å². The van der Waals surface area contributed by atoms with E-state index in [0.717, 1.165) is 65.6 Å². The Morgan fingerprint density at radius 3 is 2.20 bits per heavy atom. The van der Waals surface area contributed by atoms with E-state index in [9.17, 15) is 14.7 Å². The van der Waals surface area contributed by atoms with E-state index in [1.807, 2.05) is 71.3 Å². The summed E-state index contributed by atoms with van der Waals surface area (Å²) >= 11 is 0. The number of nitrogens with one attached hydrogen (secondary N) is 1. The van der Waals surface area contributed by atoms with E-state index in [0.29, 0.717) is 13.2 Å². The summed E-state index contributed by atoms with van der Waals surface area (Å²) in [6.45, 7) is 5.47. The van der Waals surface area contributed by atoms with E-state index in [2.05, 4.69) is 43.4 Å². The molecule has 1 atom stereocenters. The Labute approximate surface area is 265 Å². The smallest absolute Gasteiger partial charge is 0.335 e. The minimum absolute atomic E-state index is 0.0707. The SMILES string of the molecule is CCCCC(CC)c1c(-c2ccc(OCCc3ccccc3)cc2)n(CC(=O)NCc2ccccc2)c2cc(C(=O)O)ccc12. The number of carboxylic acid groups (broad SMARTS) is 1. The van der Waals surface area contributed by atoms with Crippen LogP contribution in [-0.2, 0) is 24.3 Å². The van der Waals surface area contributed by atoms with Crippen LogP contribution in [0.25, 0.3) is 22.2 Å². The average molecular weight is 603 g/mol. The molecular formula is C39H42N2O4. The number of aromatic carboxylic acids is 1. The standard InChI is InChI=1S/C39H42N2O4/c1-3-5-16-30(4-2)37-34-22-19-32(39(43)44)25-35(34)41(27-36(42)40-26-29-14-10-7-11-15-29)38(37)31-17-20-33(21-18-31)45-24-23-28-12-8-6-9-13-28/h6-15,17-22,25,30H,3-5,16,23-24,26-27H2,1-2H3,(H,40,42)(H,43,44). The molecule has 45 heavy (non-hydrogen) atoms. The summed E-state index contributed by atoms with van der Waals surface area (Å²) in [5.41, 5.74) is 6.31. The number of carboxylic acids is 1. The van der Waals surface area contributed by atoms with E-state index >= 15 is 0 Å². The molecule has 232 valence electrons. The van der Waals surface area contributed by atoms with Gasteiger partial charge in [0.15, 0.2) is 0 Å². The Balaban J connectivity index is 1.53. The molecule has 2 N–H and O–H groups in total. The number of fused-ring (bicyclic) bond motifs is 1. The zero-order valence-corrected chi connectivity index (χ0v) is 26.2. The molecule has 6 nitrogen and oxygen atoms in total. The maximum atomic E-state index is 13.5. The number of unbranched alkanes of at least 4 members (excludes halogenated alkanes) is 1. The molecule has 1 amide bonds. The minimum atomic E-state index is -0.990. The summed E-state index contributed by atoms with van der Waals surface area (Å²) in [7, 11) is 0. The number of rotatable bonds is 15. The number of carbonyl (C=O) groups excluding carboxylic acids is 1. The molecule has 1 heterocycles. The third-order valence-corrected chi connectivity index (χ3v) is 8.42. The van der Waals surface area contributed by atoms with Gasteiger partial charge in [-0.3, -0.25) is 4.79 Å². The van der Waals surface area contributed by atoms with Gasteiger partial charge in [-0.2, -0.15) is 0 Å². The van der Waals surface area contributed by atoms with Gasteiger partial charge in [-0.15, -0.1) is 0 Å². The van der Waals surface area contributed by atoms with Gasteiger partial charge in [-0.05, 0) is 77.4 Å². The Morgan fingerprint density at radius 2 is 1.56 bits per heavy atom. The van der Waals surface area contributed by atoms with Gasteiger partial charge in [0.2, 0.25) is 5.91 Å². The third-order valence-electron chi connectivity index (χ3n) is 8.42. The van der Waals surface area contributed by atoms with Crippen molar-refractivity contribution in [2.75, 3.05) is 6.61 Å². The van der Waals surface area contributed by atoms with Gasteiger partial charge >= 0.3 is 5.97 Å². The van der Waals surface area contributed by atoms with Crippen LogP contribution in [0.3, 0.4) is 0 Å². The van der Waals surface area contributed by atoms with Crippen molar-refractivity contribution in [1.82, 2.24) is 9.88 Å². The van der Waals surface area contributed by atoms with Crippen LogP contribution in [0.1, 0.15) is 72.5 Å². The molecule has 0 aliphatic heterocycles. The van der Waals surface area contributed by atoms with Crippen LogP contribution in [-0.4, -0.2) is 28.2 Å². The van der Waals surface area contributed by atoms with Gasteiger partial charge in [0.05, 0.1) is 23.4 Å². The number of hydrogen-bond donors (Lipinski definition) is 2. The predicted octanol–water partition coefficient (Wildman–Crippen LogP) is 8.63. The van der Waals surface area contributed by atoms with E-state index in [-0.39, 0.29) is 23.9 Å². The van der Waals surface area contributed by atoms with Gasteiger partial charge < -0.3 is 19.7 Å². The van der Waals surface area contributed by atoms with Crippen LogP contribution >= 0.6 is 0 Å².